The Balaban J connectivity index is 1.67. The van der Waals surface area contributed by atoms with Crippen molar-refractivity contribution in [1.29, 1.82) is 0 Å². The number of nitrogens with one attached hydrogen (secondary N) is 1. The Bertz CT molecular complexity index is 1050. The molecule has 1 N–H and O–H groups in total. The molecule has 2 heterocycles. The van der Waals surface area contributed by atoms with E-state index in [9.17, 15) is 23.7 Å². The number of hydrogen-bond donors (Lipinski definition) is 1. The van der Waals surface area contributed by atoms with E-state index < -0.39 is 11.5 Å². The number of nitro groups is 1. The van der Waals surface area contributed by atoms with Crippen molar-refractivity contribution in [2.75, 3.05) is 5.32 Å². The van der Waals surface area contributed by atoms with Crippen LogP contribution in [0.1, 0.15) is 26.6 Å². The maximum Gasteiger partial charge on any atom is 0.387 e. The van der Waals surface area contributed by atoms with Crippen LogP contribution in [0.2, 0.25) is 0 Å². The smallest absolute Gasteiger partial charge is 0.387 e. The highest BCUT2D eigenvalue weighted by molar-refractivity contribution is 7.12. The maximum atomic E-state index is 12.4. The molecule has 3 rings (SSSR count). The second-order valence-corrected chi connectivity index (χ2v) is 7.02. The van der Waals surface area contributed by atoms with Crippen LogP contribution in [0.25, 0.3) is 0 Å². The molecule has 0 fully saturated rings. The van der Waals surface area contributed by atoms with Gasteiger partial charge >= 0.3 is 12.3 Å². The van der Waals surface area contributed by atoms with Crippen molar-refractivity contribution < 1.29 is 23.2 Å². The molecule has 11 heteroatoms. The zero-order chi connectivity index (χ0) is 21.1. The molecule has 0 aliphatic heterocycles. The summed E-state index contributed by atoms with van der Waals surface area (Å²) in [7, 11) is 0. The quantitative estimate of drug-likeness (QED) is 0.450. The summed E-state index contributed by atoms with van der Waals surface area (Å²) in [5, 5.41) is 19.7. The highest BCUT2D eigenvalue weighted by Crippen LogP contribution is 2.24. The van der Waals surface area contributed by atoms with Crippen molar-refractivity contribution in [2.45, 2.75) is 27.0 Å². The fraction of sp³-hybridized carbons (Fsp3) is 0.222. The predicted molar refractivity (Wildman–Crippen MR) is 103 cm³/mol. The van der Waals surface area contributed by atoms with Crippen molar-refractivity contribution in [2.24, 2.45) is 0 Å². The number of hydrogen-bond acceptors (Lipinski definition) is 6. The summed E-state index contributed by atoms with van der Waals surface area (Å²) in [6.45, 7) is 0.582. The van der Waals surface area contributed by atoms with Gasteiger partial charge in [-0.1, -0.05) is 0 Å². The van der Waals surface area contributed by atoms with Crippen molar-refractivity contribution in [1.82, 2.24) is 9.78 Å². The zero-order valence-corrected chi connectivity index (χ0v) is 16.2. The largest absolute Gasteiger partial charge is 0.435 e. The van der Waals surface area contributed by atoms with Crippen LogP contribution in [-0.2, 0) is 6.54 Å². The number of carbonyl (C=O) groups is 1. The second kappa shape index (κ2) is 8.35. The number of nitrogens with zero attached hydrogens (tertiary/aromatic N) is 3. The molecule has 0 spiro atoms. The standard InChI is InChI=1S/C18H16F2N4O4S/c1-10-16(24(26)27)11(2)23(22-10)8-12-7-15(29-9-12)17(25)21-13-3-5-14(6-4-13)28-18(19)20/h3-7,9,18H,8H2,1-2H3,(H,21,25). The first-order valence-electron chi connectivity index (χ1n) is 8.36. The average Bonchev–Trinajstić information content (AvgIpc) is 3.21. The number of alkyl halides is 2. The Hall–Kier alpha value is -3.34. The van der Waals surface area contributed by atoms with Crippen molar-refractivity contribution in [3.05, 3.63) is 67.7 Å². The summed E-state index contributed by atoms with van der Waals surface area (Å²) in [6, 6.07) is 7.25. The topological polar surface area (TPSA) is 99.3 Å². The summed E-state index contributed by atoms with van der Waals surface area (Å²) in [6.07, 6.45) is 0. The molecule has 29 heavy (non-hydrogen) atoms. The Labute approximate surface area is 167 Å². The van der Waals surface area contributed by atoms with Crippen molar-refractivity contribution in [3.8, 4) is 5.75 Å². The highest BCUT2D eigenvalue weighted by atomic mass is 32.1. The van der Waals surface area contributed by atoms with Crippen LogP contribution in [0.3, 0.4) is 0 Å². The summed E-state index contributed by atoms with van der Waals surface area (Å²) >= 11 is 1.22. The maximum absolute atomic E-state index is 12.4. The molecule has 152 valence electrons. The van der Waals surface area contributed by atoms with Gasteiger partial charge in [-0.05, 0) is 55.1 Å². The number of anilines is 1. The molecule has 1 aromatic carbocycles. The minimum Gasteiger partial charge on any atom is -0.435 e. The van der Waals surface area contributed by atoms with Crippen LogP contribution < -0.4 is 10.1 Å². The summed E-state index contributed by atoms with van der Waals surface area (Å²) < 4.78 is 30.1. The average molecular weight is 422 g/mol. The van der Waals surface area contributed by atoms with Gasteiger partial charge in [-0.25, -0.2) is 0 Å². The second-order valence-electron chi connectivity index (χ2n) is 6.11. The van der Waals surface area contributed by atoms with Gasteiger partial charge in [-0.2, -0.15) is 13.9 Å². The number of aryl methyl sites for hydroxylation is 1. The molecule has 0 bridgehead atoms. The van der Waals surface area contributed by atoms with Crippen LogP contribution in [0.5, 0.6) is 5.75 Å². The van der Waals surface area contributed by atoms with Gasteiger partial charge in [0.05, 0.1) is 16.3 Å². The Morgan fingerprint density at radius 2 is 2.03 bits per heavy atom. The number of ether oxygens (including phenoxy) is 1. The number of amides is 1. The third-order valence-corrected chi connectivity index (χ3v) is 5.05. The number of benzene rings is 1. The van der Waals surface area contributed by atoms with Gasteiger partial charge in [0.1, 0.15) is 17.1 Å². The first-order valence-corrected chi connectivity index (χ1v) is 9.24. The molecule has 0 saturated carbocycles. The lowest BCUT2D eigenvalue weighted by atomic mass is 10.2. The molecule has 8 nitrogen and oxygen atoms in total. The summed E-state index contributed by atoms with van der Waals surface area (Å²) in [5.41, 5.74) is 1.97. The van der Waals surface area contributed by atoms with Gasteiger partial charge in [0.2, 0.25) is 0 Å². The first kappa shape index (κ1) is 20.4. The zero-order valence-electron chi connectivity index (χ0n) is 15.4. The lowest BCUT2D eigenvalue weighted by molar-refractivity contribution is -0.386. The van der Waals surface area contributed by atoms with E-state index in [1.165, 1.54) is 40.3 Å². The molecule has 0 saturated heterocycles. The molecule has 3 aromatic rings. The number of thiophene rings is 1. The Kier molecular flexibility index (Phi) is 5.87. The fourth-order valence-electron chi connectivity index (χ4n) is 2.77. The van der Waals surface area contributed by atoms with E-state index in [1.54, 1.807) is 25.3 Å². The van der Waals surface area contributed by atoms with E-state index in [-0.39, 0.29) is 17.3 Å². The van der Waals surface area contributed by atoms with E-state index in [0.29, 0.717) is 28.5 Å². The van der Waals surface area contributed by atoms with Gasteiger partial charge in [-0.15, -0.1) is 11.3 Å². The lowest BCUT2D eigenvalue weighted by Gasteiger charge is -2.06. The first-order chi connectivity index (χ1) is 13.7. The normalized spacial score (nSPS) is 10.9. The number of halogens is 2. The number of carbonyl (C=O) groups excluding carboxylic acids is 1. The van der Waals surface area contributed by atoms with Crippen LogP contribution in [-0.4, -0.2) is 27.2 Å². The van der Waals surface area contributed by atoms with Crippen molar-refractivity contribution in [3.63, 3.8) is 0 Å². The highest BCUT2D eigenvalue weighted by Gasteiger charge is 2.22. The molecular formula is C18H16F2N4O4S. The van der Waals surface area contributed by atoms with Crippen LogP contribution >= 0.6 is 11.3 Å². The van der Waals surface area contributed by atoms with Gasteiger partial charge in [0, 0.05) is 5.69 Å². The molecule has 2 aromatic heterocycles. The number of rotatable bonds is 7. The molecule has 0 aliphatic carbocycles. The van der Waals surface area contributed by atoms with Gasteiger partial charge in [0.15, 0.2) is 0 Å². The third-order valence-electron chi connectivity index (χ3n) is 4.07. The molecule has 0 aliphatic rings. The van der Waals surface area contributed by atoms with E-state index in [1.807, 2.05) is 0 Å². The van der Waals surface area contributed by atoms with Gasteiger partial charge in [0.25, 0.3) is 5.91 Å². The SMILES string of the molecule is Cc1nn(Cc2csc(C(=O)Nc3ccc(OC(F)F)cc3)c2)c(C)c1[N+](=O)[O-]. The summed E-state index contributed by atoms with van der Waals surface area (Å²) in [4.78, 5) is 23.5. The number of aromatic nitrogens is 2. The molecular weight excluding hydrogens is 406 g/mol. The predicted octanol–water partition coefficient (Wildman–Crippen LogP) is 4.37. The van der Waals surface area contributed by atoms with E-state index in [4.69, 9.17) is 0 Å². The van der Waals surface area contributed by atoms with Crippen LogP contribution in [0, 0.1) is 24.0 Å². The van der Waals surface area contributed by atoms with Crippen LogP contribution in [0.4, 0.5) is 20.2 Å². The minimum atomic E-state index is -2.91. The Morgan fingerprint density at radius 3 is 2.62 bits per heavy atom. The van der Waals surface area contributed by atoms with E-state index in [0.717, 1.165) is 5.56 Å². The fourth-order valence-corrected chi connectivity index (χ4v) is 3.57. The van der Waals surface area contributed by atoms with Gasteiger partial charge in [-0.3, -0.25) is 19.6 Å². The van der Waals surface area contributed by atoms with Crippen LogP contribution in [0.15, 0.2) is 35.7 Å². The molecule has 0 atom stereocenters. The minimum absolute atomic E-state index is 0.00427. The molecule has 1 amide bonds. The van der Waals surface area contributed by atoms with E-state index >= 15 is 0 Å². The Morgan fingerprint density at radius 1 is 1.34 bits per heavy atom. The molecule has 0 radical (unpaired) electrons. The summed E-state index contributed by atoms with van der Waals surface area (Å²) in [5.74, 6) is -0.362. The van der Waals surface area contributed by atoms with Gasteiger partial charge < -0.3 is 10.1 Å². The van der Waals surface area contributed by atoms with Crippen molar-refractivity contribution >= 4 is 28.6 Å². The third kappa shape index (κ3) is 4.74. The lowest BCUT2D eigenvalue weighted by Crippen LogP contribution is -2.10. The van der Waals surface area contributed by atoms with E-state index in [2.05, 4.69) is 15.2 Å². The monoisotopic (exact) mass is 422 g/mol. The molecule has 0 unspecified atom stereocenters.